The van der Waals surface area contributed by atoms with Crippen LogP contribution in [0.3, 0.4) is 0 Å². The highest BCUT2D eigenvalue weighted by atomic mass is 16.8. The molecule has 0 bridgehead atoms. The first kappa shape index (κ1) is 17.1. The molecule has 26 heavy (non-hydrogen) atoms. The van der Waals surface area contributed by atoms with E-state index in [-0.39, 0.29) is 0 Å². The van der Waals surface area contributed by atoms with E-state index in [1.807, 2.05) is 32.0 Å². The minimum atomic E-state index is -0.559. The topological polar surface area (TPSA) is 27.7 Å². The molecule has 1 aliphatic heterocycles. The molecule has 0 aromatic heterocycles. The molecule has 1 atom stereocenters. The smallest absolute Gasteiger partial charge is 0.164 e. The van der Waals surface area contributed by atoms with Crippen LogP contribution in [0.5, 0.6) is 5.75 Å². The molecule has 0 N–H and O–H groups in total. The predicted octanol–water partition coefficient (Wildman–Crippen LogP) is 5.42. The summed E-state index contributed by atoms with van der Waals surface area (Å²) in [6.45, 7) is 7.02. The van der Waals surface area contributed by atoms with Crippen LogP contribution >= 0.6 is 0 Å². The van der Waals surface area contributed by atoms with Gasteiger partial charge in [-0.3, -0.25) is 0 Å². The zero-order valence-corrected chi connectivity index (χ0v) is 15.5. The molecule has 1 heterocycles. The van der Waals surface area contributed by atoms with Crippen molar-refractivity contribution in [2.45, 2.75) is 38.8 Å². The molecule has 3 aromatic rings. The second-order valence-corrected chi connectivity index (χ2v) is 7.52. The second-order valence-electron chi connectivity index (χ2n) is 7.52. The Balaban J connectivity index is 1.50. The van der Waals surface area contributed by atoms with Gasteiger partial charge in [0.25, 0.3) is 0 Å². The summed E-state index contributed by atoms with van der Waals surface area (Å²) in [5.41, 5.74) is 1.77. The molecule has 0 aliphatic carbocycles. The summed E-state index contributed by atoms with van der Waals surface area (Å²) in [5.74, 6) is 0.279. The zero-order valence-electron chi connectivity index (χ0n) is 15.5. The van der Waals surface area contributed by atoms with Crippen LogP contribution in [-0.4, -0.2) is 12.4 Å². The van der Waals surface area contributed by atoms with E-state index in [2.05, 4.69) is 55.5 Å². The molecule has 0 amide bonds. The quantitative estimate of drug-likeness (QED) is 0.630. The summed E-state index contributed by atoms with van der Waals surface area (Å²) in [4.78, 5) is 0. The van der Waals surface area contributed by atoms with Gasteiger partial charge in [0.05, 0.1) is 6.61 Å². The Labute approximate surface area is 154 Å². The van der Waals surface area contributed by atoms with Gasteiger partial charge in [-0.1, -0.05) is 48.5 Å². The maximum atomic E-state index is 6.11. The van der Waals surface area contributed by atoms with E-state index in [1.165, 1.54) is 10.8 Å². The molecule has 0 radical (unpaired) electrons. The maximum Gasteiger partial charge on any atom is 0.164 e. The molecule has 0 saturated carbocycles. The molecular formula is C23H24O3. The third-order valence-electron chi connectivity index (χ3n) is 4.83. The SMILES string of the molecule is CC1(C)OCC(C)(c2cccc(OCc3ccc4ccccc4c3)c2)O1. The third kappa shape index (κ3) is 3.46. The monoisotopic (exact) mass is 348 g/mol. The molecule has 1 saturated heterocycles. The van der Waals surface area contributed by atoms with E-state index in [0.29, 0.717) is 13.2 Å². The summed E-state index contributed by atoms with van der Waals surface area (Å²) in [7, 11) is 0. The summed E-state index contributed by atoms with van der Waals surface area (Å²) in [6, 6.07) is 22.9. The fraction of sp³-hybridized carbons (Fsp3) is 0.304. The van der Waals surface area contributed by atoms with Crippen LogP contribution in [0.2, 0.25) is 0 Å². The highest BCUT2D eigenvalue weighted by molar-refractivity contribution is 5.82. The molecule has 3 aromatic carbocycles. The number of ether oxygens (including phenoxy) is 3. The molecule has 1 fully saturated rings. The summed E-state index contributed by atoms with van der Waals surface area (Å²) < 4.78 is 17.9. The van der Waals surface area contributed by atoms with Crippen LogP contribution in [-0.2, 0) is 21.7 Å². The van der Waals surface area contributed by atoms with Crippen LogP contribution in [0.1, 0.15) is 31.9 Å². The molecule has 1 unspecified atom stereocenters. The van der Waals surface area contributed by atoms with Crippen molar-refractivity contribution in [1.82, 2.24) is 0 Å². The van der Waals surface area contributed by atoms with Gasteiger partial charge < -0.3 is 14.2 Å². The Morgan fingerprint density at radius 3 is 2.46 bits per heavy atom. The Morgan fingerprint density at radius 2 is 1.69 bits per heavy atom. The first-order chi connectivity index (χ1) is 12.4. The average Bonchev–Trinajstić information content (AvgIpc) is 2.94. The molecule has 134 valence electrons. The van der Waals surface area contributed by atoms with Crippen LogP contribution < -0.4 is 4.74 Å². The first-order valence-electron chi connectivity index (χ1n) is 8.99. The van der Waals surface area contributed by atoms with Crippen molar-refractivity contribution >= 4 is 10.8 Å². The van der Waals surface area contributed by atoms with Gasteiger partial charge in [0, 0.05) is 0 Å². The van der Waals surface area contributed by atoms with Crippen LogP contribution in [0.4, 0.5) is 0 Å². The summed E-state index contributed by atoms with van der Waals surface area (Å²) >= 11 is 0. The number of rotatable bonds is 4. The lowest BCUT2D eigenvalue weighted by molar-refractivity contribution is -0.159. The Kier molecular flexibility index (Phi) is 4.22. The highest BCUT2D eigenvalue weighted by Gasteiger charge is 2.43. The molecule has 4 rings (SSSR count). The minimum absolute atomic E-state index is 0.453. The lowest BCUT2D eigenvalue weighted by atomic mass is 9.97. The van der Waals surface area contributed by atoms with Gasteiger partial charge in [0.1, 0.15) is 18.0 Å². The molecular weight excluding hydrogens is 324 g/mol. The molecule has 3 nitrogen and oxygen atoms in total. The van der Waals surface area contributed by atoms with Crippen molar-refractivity contribution in [2.24, 2.45) is 0 Å². The van der Waals surface area contributed by atoms with Gasteiger partial charge in [-0.25, -0.2) is 0 Å². The number of hydrogen-bond acceptors (Lipinski definition) is 3. The van der Waals surface area contributed by atoms with Crippen LogP contribution in [0, 0.1) is 0 Å². The van der Waals surface area contributed by atoms with Crippen LogP contribution in [0.15, 0.2) is 66.7 Å². The van der Waals surface area contributed by atoms with E-state index < -0.39 is 11.4 Å². The standard InChI is InChI=1S/C23H24O3/c1-22(2)25-16-23(3,26-22)20-9-6-10-21(14-20)24-15-17-11-12-18-7-4-5-8-19(18)13-17/h4-14H,15-16H2,1-3H3. The zero-order chi connectivity index (χ0) is 18.2. The van der Waals surface area contributed by atoms with Gasteiger partial charge in [0.15, 0.2) is 5.79 Å². The summed E-state index contributed by atoms with van der Waals surface area (Å²) in [6.07, 6.45) is 0. The minimum Gasteiger partial charge on any atom is -0.489 e. The van der Waals surface area contributed by atoms with Gasteiger partial charge in [-0.2, -0.15) is 0 Å². The van der Waals surface area contributed by atoms with Crippen molar-refractivity contribution in [2.75, 3.05) is 6.61 Å². The normalized spacial score (nSPS) is 21.8. The van der Waals surface area contributed by atoms with Gasteiger partial charge in [0.2, 0.25) is 0 Å². The third-order valence-corrected chi connectivity index (χ3v) is 4.83. The van der Waals surface area contributed by atoms with Crippen molar-refractivity contribution in [3.05, 3.63) is 77.9 Å². The van der Waals surface area contributed by atoms with E-state index in [4.69, 9.17) is 14.2 Å². The average molecular weight is 348 g/mol. The summed E-state index contributed by atoms with van der Waals surface area (Å²) in [5, 5.41) is 2.47. The maximum absolute atomic E-state index is 6.11. The van der Waals surface area contributed by atoms with Gasteiger partial charge >= 0.3 is 0 Å². The van der Waals surface area contributed by atoms with E-state index in [0.717, 1.165) is 16.9 Å². The molecule has 1 aliphatic rings. The number of hydrogen-bond donors (Lipinski definition) is 0. The first-order valence-corrected chi connectivity index (χ1v) is 8.99. The lowest BCUT2D eigenvalue weighted by Gasteiger charge is -2.26. The van der Waals surface area contributed by atoms with E-state index in [9.17, 15) is 0 Å². The lowest BCUT2D eigenvalue weighted by Crippen LogP contribution is -2.28. The van der Waals surface area contributed by atoms with E-state index in [1.54, 1.807) is 0 Å². The number of fused-ring (bicyclic) bond motifs is 1. The largest absolute Gasteiger partial charge is 0.489 e. The Morgan fingerprint density at radius 1 is 0.885 bits per heavy atom. The predicted molar refractivity (Wildman–Crippen MR) is 103 cm³/mol. The number of benzene rings is 3. The molecule has 3 heteroatoms. The fourth-order valence-corrected chi connectivity index (χ4v) is 3.47. The second kappa shape index (κ2) is 6.42. The Bertz CT molecular complexity index is 931. The van der Waals surface area contributed by atoms with Crippen molar-refractivity contribution in [1.29, 1.82) is 0 Å². The fourth-order valence-electron chi connectivity index (χ4n) is 3.47. The van der Waals surface area contributed by atoms with Crippen molar-refractivity contribution < 1.29 is 14.2 Å². The van der Waals surface area contributed by atoms with Crippen molar-refractivity contribution in [3.63, 3.8) is 0 Å². The molecule has 0 spiro atoms. The van der Waals surface area contributed by atoms with Gasteiger partial charge in [-0.05, 0) is 60.9 Å². The van der Waals surface area contributed by atoms with Crippen molar-refractivity contribution in [3.8, 4) is 5.75 Å². The Hall–Kier alpha value is -2.36. The highest BCUT2D eigenvalue weighted by Crippen LogP contribution is 2.39. The van der Waals surface area contributed by atoms with E-state index >= 15 is 0 Å². The van der Waals surface area contributed by atoms with Crippen LogP contribution in [0.25, 0.3) is 10.8 Å². The van der Waals surface area contributed by atoms with Gasteiger partial charge in [-0.15, -0.1) is 0 Å².